The number of nitrogens with two attached hydrogens (primary N) is 1. The highest BCUT2D eigenvalue weighted by Crippen LogP contribution is 2.28. The normalized spacial score (nSPS) is 10.4. The van der Waals surface area contributed by atoms with Crippen molar-refractivity contribution in [2.45, 2.75) is 26.5 Å². The quantitative estimate of drug-likeness (QED) is 0.607. The molecule has 0 aliphatic carbocycles. The molecule has 0 amide bonds. The Morgan fingerprint density at radius 3 is 2.67 bits per heavy atom. The van der Waals surface area contributed by atoms with E-state index in [1.807, 2.05) is 13.8 Å². The first kappa shape index (κ1) is 11.5. The minimum absolute atomic E-state index is 0.0355. The molecule has 1 rings (SSSR count). The molecule has 0 saturated carbocycles. The van der Waals surface area contributed by atoms with Crippen molar-refractivity contribution in [3.8, 4) is 5.75 Å². The van der Waals surface area contributed by atoms with E-state index in [9.17, 15) is 10.1 Å². The highest BCUT2D eigenvalue weighted by Gasteiger charge is 2.16. The van der Waals surface area contributed by atoms with Crippen molar-refractivity contribution in [2.24, 2.45) is 5.73 Å². The van der Waals surface area contributed by atoms with Gasteiger partial charge >= 0.3 is 5.69 Å². The van der Waals surface area contributed by atoms with Crippen molar-refractivity contribution in [3.63, 3.8) is 0 Å². The van der Waals surface area contributed by atoms with Crippen molar-refractivity contribution in [3.05, 3.63) is 33.9 Å². The third-order valence-electron chi connectivity index (χ3n) is 1.82. The molecule has 5 nitrogen and oxygen atoms in total. The zero-order chi connectivity index (χ0) is 11.4. The molecule has 0 saturated heterocycles. The van der Waals surface area contributed by atoms with E-state index in [-0.39, 0.29) is 24.1 Å². The van der Waals surface area contributed by atoms with E-state index in [1.165, 1.54) is 6.07 Å². The van der Waals surface area contributed by atoms with Crippen LogP contribution >= 0.6 is 0 Å². The molecule has 0 heterocycles. The number of hydrogen-bond donors (Lipinski definition) is 1. The molecule has 0 aliphatic rings. The summed E-state index contributed by atoms with van der Waals surface area (Å²) in [5.74, 6) is 0.284. The van der Waals surface area contributed by atoms with Crippen molar-refractivity contribution < 1.29 is 9.66 Å². The van der Waals surface area contributed by atoms with Gasteiger partial charge in [0, 0.05) is 12.6 Å². The standard InChI is InChI=1S/C10H14N2O3/c1-7(2)15-10-4-3-8(6-11)5-9(10)12(13)14/h3-5,7H,6,11H2,1-2H3. The fraction of sp³-hybridized carbons (Fsp3) is 0.400. The summed E-state index contributed by atoms with van der Waals surface area (Å²) in [6.45, 7) is 3.92. The maximum absolute atomic E-state index is 10.8. The first-order valence-corrected chi connectivity index (χ1v) is 4.68. The van der Waals surface area contributed by atoms with Crippen LogP contribution in [0.2, 0.25) is 0 Å². The van der Waals surface area contributed by atoms with Crippen molar-refractivity contribution in [2.75, 3.05) is 0 Å². The fourth-order valence-electron chi connectivity index (χ4n) is 1.19. The molecule has 0 spiro atoms. The summed E-state index contributed by atoms with van der Waals surface area (Å²) in [5, 5.41) is 10.8. The Morgan fingerprint density at radius 1 is 1.53 bits per heavy atom. The summed E-state index contributed by atoms with van der Waals surface area (Å²) in [6, 6.07) is 4.75. The molecule has 1 aromatic carbocycles. The Balaban J connectivity index is 3.09. The van der Waals surface area contributed by atoms with Crippen molar-refractivity contribution >= 4 is 5.69 Å². The lowest BCUT2D eigenvalue weighted by Crippen LogP contribution is -2.08. The summed E-state index contributed by atoms with van der Waals surface area (Å²) in [5.41, 5.74) is 6.09. The van der Waals surface area contributed by atoms with Gasteiger partial charge in [-0.3, -0.25) is 10.1 Å². The lowest BCUT2D eigenvalue weighted by atomic mass is 10.2. The number of rotatable bonds is 4. The summed E-state index contributed by atoms with van der Waals surface area (Å²) in [6.07, 6.45) is -0.0903. The summed E-state index contributed by atoms with van der Waals surface area (Å²) in [4.78, 5) is 10.3. The second kappa shape index (κ2) is 4.75. The van der Waals surface area contributed by atoms with Crippen LogP contribution < -0.4 is 10.5 Å². The van der Waals surface area contributed by atoms with Crippen LogP contribution in [0.4, 0.5) is 5.69 Å². The van der Waals surface area contributed by atoms with Crippen LogP contribution in [0.5, 0.6) is 5.75 Å². The second-order valence-electron chi connectivity index (χ2n) is 3.43. The van der Waals surface area contributed by atoms with Crippen LogP contribution in [0.25, 0.3) is 0 Å². The molecule has 0 fully saturated rings. The van der Waals surface area contributed by atoms with E-state index in [1.54, 1.807) is 12.1 Å². The molecule has 2 N–H and O–H groups in total. The Bertz CT molecular complexity index is 364. The monoisotopic (exact) mass is 210 g/mol. The SMILES string of the molecule is CC(C)Oc1ccc(CN)cc1[N+](=O)[O-]. The number of nitro benzene ring substituents is 1. The lowest BCUT2D eigenvalue weighted by Gasteiger charge is -2.10. The predicted molar refractivity (Wildman–Crippen MR) is 56.8 cm³/mol. The minimum atomic E-state index is -0.461. The van der Waals surface area contributed by atoms with Crippen LogP contribution in [-0.4, -0.2) is 11.0 Å². The fourth-order valence-corrected chi connectivity index (χ4v) is 1.19. The van der Waals surface area contributed by atoms with Gasteiger partial charge in [0.1, 0.15) is 0 Å². The lowest BCUT2D eigenvalue weighted by molar-refractivity contribution is -0.386. The Morgan fingerprint density at radius 2 is 2.20 bits per heavy atom. The van der Waals surface area contributed by atoms with Crippen LogP contribution in [0, 0.1) is 10.1 Å². The van der Waals surface area contributed by atoms with Gasteiger partial charge in [-0.25, -0.2) is 0 Å². The van der Waals surface area contributed by atoms with Gasteiger partial charge in [0.15, 0.2) is 5.75 Å². The number of hydrogen-bond acceptors (Lipinski definition) is 4. The van der Waals surface area contributed by atoms with Gasteiger partial charge < -0.3 is 10.5 Å². The molecule has 0 aliphatic heterocycles. The van der Waals surface area contributed by atoms with Crippen LogP contribution in [0.3, 0.4) is 0 Å². The molecule has 0 unspecified atom stereocenters. The molecule has 0 radical (unpaired) electrons. The zero-order valence-electron chi connectivity index (χ0n) is 8.77. The maximum atomic E-state index is 10.8. The molecule has 0 aromatic heterocycles. The van der Waals surface area contributed by atoms with E-state index in [2.05, 4.69) is 0 Å². The van der Waals surface area contributed by atoms with E-state index >= 15 is 0 Å². The van der Waals surface area contributed by atoms with Crippen molar-refractivity contribution in [1.29, 1.82) is 0 Å². The van der Waals surface area contributed by atoms with E-state index in [0.29, 0.717) is 0 Å². The summed E-state index contributed by atoms with van der Waals surface area (Å²) >= 11 is 0. The van der Waals surface area contributed by atoms with E-state index < -0.39 is 4.92 Å². The number of ether oxygens (including phenoxy) is 1. The Labute approximate surface area is 88.0 Å². The van der Waals surface area contributed by atoms with E-state index in [0.717, 1.165) is 5.56 Å². The first-order valence-electron chi connectivity index (χ1n) is 4.68. The van der Waals surface area contributed by atoms with Gasteiger partial charge in [-0.1, -0.05) is 6.07 Å². The van der Waals surface area contributed by atoms with Crippen LogP contribution in [0.15, 0.2) is 18.2 Å². The highest BCUT2D eigenvalue weighted by molar-refractivity contribution is 5.48. The zero-order valence-corrected chi connectivity index (χ0v) is 8.77. The molecule has 15 heavy (non-hydrogen) atoms. The third kappa shape index (κ3) is 2.92. The largest absolute Gasteiger partial charge is 0.484 e. The highest BCUT2D eigenvalue weighted by atomic mass is 16.6. The Hall–Kier alpha value is -1.62. The van der Waals surface area contributed by atoms with Gasteiger partial charge in [0.05, 0.1) is 11.0 Å². The van der Waals surface area contributed by atoms with Crippen LogP contribution in [-0.2, 0) is 6.54 Å². The van der Waals surface area contributed by atoms with Gasteiger partial charge in [-0.05, 0) is 25.5 Å². The van der Waals surface area contributed by atoms with Crippen molar-refractivity contribution in [1.82, 2.24) is 0 Å². The average Bonchev–Trinajstić information content (AvgIpc) is 2.17. The van der Waals surface area contributed by atoms with Gasteiger partial charge in [-0.15, -0.1) is 0 Å². The van der Waals surface area contributed by atoms with Crippen LogP contribution in [0.1, 0.15) is 19.4 Å². The molecular weight excluding hydrogens is 196 g/mol. The average molecular weight is 210 g/mol. The third-order valence-corrected chi connectivity index (χ3v) is 1.82. The van der Waals surface area contributed by atoms with Gasteiger partial charge in [0.25, 0.3) is 0 Å². The predicted octanol–water partition coefficient (Wildman–Crippen LogP) is 1.84. The topological polar surface area (TPSA) is 78.4 Å². The number of nitrogens with zero attached hydrogens (tertiary/aromatic N) is 1. The molecular formula is C10H14N2O3. The molecule has 0 bridgehead atoms. The van der Waals surface area contributed by atoms with Gasteiger partial charge in [-0.2, -0.15) is 0 Å². The first-order chi connectivity index (χ1) is 7.04. The molecule has 5 heteroatoms. The van der Waals surface area contributed by atoms with Gasteiger partial charge in [0.2, 0.25) is 0 Å². The van der Waals surface area contributed by atoms with E-state index in [4.69, 9.17) is 10.5 Å². The molecule has 82 valence electrons. The maximum Gasteiger partial charge on any atom is 0.311 e. The molecule has 1 aromatic rings. The smallest absolute Gasteiger partial charge is 0.311 e. The number of nitro groups is 1. The second-order valence-corrected chi connectivity index (χ2v) is 3.43. The summed E-state index contributed by atoms with van der Waals surface area (Å²) in [7, 11) is 0. The summed E-state index contributed by atoms with van der Waals surface area (Å²) < 4.78 is 5.32. The minimum Gasteiger partial charge on any atom is -0.484 e. The Kier molecular flexibility index (Phi) is 3.62. The number of benzene rings is 1. The molecule has 0 atom stereocenters.